The van der Waals surface area contributed by atoms with E-state index in [4.69, 9.17) is 5.11 Å². The molecule has 2 unspecified atom stereocenters. The van der Waals surface area contributed by atoms with E-state index in [1.165, 1.54) is 12.6 Å². The first kappa shape index (κ1) is 13.0. The number of piperidine rings is 1. The number of aromatic nitrogens is 1. The minimum absolute atomic E-state index is 0.184. The van der Waals surface area contributed by atoms with Gasteiger partial charge in [0, 0.05) is 25.8 Å². The van der Waals surface area contributed by atoms with Crippen LogP contribution >= 0.6 is 0 Å². The van der Waals surface area contributed by atoms with Crippen LogP contribution in [0.3, 0.4) is 0 Å². The van der Waals surface area contributed by atoms with Gasteiger partial charge in [-0.15, -0.1) is 0 Å². The van der Waals surface area contributed by atoms with Gasteiger partial charge in [-0.2, -0.15) is 0 Å². The van der Waals surface area contributed by atoms with Crippen molar-refractivity contribution in [2.45, 2.75) is 26.8 Å². The van der Waals surface area contributed by atoms with Gasteiger partial charge in [0.15, 0.2) is 5.69 Å². The summed E-state index contributed by atoms with van der Waals surface area (Å²) in [5, 5.41) is 9.12. The predicted molar refractivity (Wildman–Crippen MR) is 69.4 cm³/mol. The quantitative estimate of drug-likeness (QED) is 0.891. The second kappa shape index (κ2) is 5.48. The molecule has 0 spiro atoms. The Hall–Kier alpha value is -1.42. The SMILES string of the molecule is CC1CC(C)CN(Cc2cccnc2C(=O)O)C1. The van der Waals surface area contributed by atoms with Gasteiger partial charge in [-0.25, -0.2) is 9.78 Å². The van der Waals surface area contributed by atoms with Crippen molar-refractivity contribution < 1.29 is 9.90 Å². The Morgan fingerprint density at radius 3 is 2.72 bits per heavy atom. The molecule has 1 aromatic rings. The minimum atomic E-state index is -0.941. The summed E-state index contributed by atoms with van der Waals surface area (Å²) in [6.45, 7) is 7.27. The van der Waals surface area contributed by atoms with Crippen LogP contribution in [0.2, 0.25) is 0 Å². The second-order valence-electron chi connectivity index (χ2n) is 5.46. The molecule has 4 nitrogen and oxygen atoms in total. The maximum atomic E-state index is 11.1. The molecule has 0 bridgehead atoms. The lowest BCUT2D eigenvalue weighted by molar-refractivity contribution is 0.0686. The van der Waals surface area contributed by atoms with Crippen molar-refractivity contribution in [2.75, 3.05) is 13.1 Å². The van der Waals surface area contributed by atoms with Gasteiger partial charge in [0.1, 0.15) is 0 Å². The van der Waals surface area contributed by atoms with Crippen LogP contribution in [0.5, 0.6) is 0 Å². The molecule has 0 aromatic carbocycles. The predicted octanol–water partition coefficient (Wildman–Crippen LogP) is 2.26. The number of carboxylic acid groups (broad SMARTS) is 1. The van der Waals surface area contributed by atoms with Crippen LogP contribution in [0.15, 0.2) is 18.3 Å². The van der Waals surface area contributed by atoms with E-state index in [0.717, 1.165) is 18.7 Å². The molecule has 2 atom stereocenters. The molecule has 18 heavy (non-hydrogen) atoms. The number of hydrogen-bond acceptors (Lipinski definition) is 3. The number of carbonyl (C=O) groups is 1. The first-order valence-corrected chi connectivity index (χ1v) is 6.45. The Morgan fingerprint density at radius 1 is 1.44 bits per heavy atom. The molecule has 98 valence electrons. The summed E-state index contributed by atoms with van der Waals surface area (Å²) < 4.78 is 0. The zero-order valence-corrected chi connectivity index (χ0v) is 11.0. The molecule has 1 aromatic heterocycles. The fourth-order valence-electron chi connectivity index (χ4n) is 2.92. The summed E-state index contributed by atoms with van der Waals surface area (Å²) in [7, 11) is 0. The van der Waals surface area contributed by atoms with E-state index in [1.807, 2.05) is 6.07 Å². The number of rotatable bonds is 3. The fraction of sp³-hybridized carbons (Fsp3) is 0.571. The van der Waals surface area contributed by atoms with Gasteiger partial charge in [-0.05, 0) is 29.9 Å². The molecule has 2 heterocycles. The molecular weight excluding hydrogens is 228 g/mol. The number of nitrogens with zero attached hydrogens (tertiary/aromatic N) is 2. The second-order valence-corrected chi connectivity index (χ2v) is 5.46. The average Bonchev–Trinajstić information content (AvgIpc) is 2.27. The molecule has 1 fully saturated rings. The van der Waals surface area contributed by atoms with E-state index < -0.39 is 5.97 Å². The van der Waals surface area contributed by atoms with Crippen LogP contribution in [-0.2, 0) is 6.54 Å². The van der Waals surface area contributed by atoms with Crippen LogP contribution in [0.4, 0.5) is 0 Å². The lowest BCUT2D eigenvalue weighted by atomic mass is 9.91. The Balaban J connectivity index is 2.11. The lowest BCUT2D eigenvalue weighted by Gasteiger charge is -2.35. The Morgan fingerprint density at radius 2 is 2.11 bits per heavy atom. The van der Waals surface area contributed by atoms with Crippen LogP contribution < -0.4 is 0 Å². The monoisotopic (exact) mass is 248 g/mol. The summed E-state index contributed by atoms with van der Waals surface area (Å²) in [6, 6.07) is 3.67. The van der Waals surface area contributed by atoms with E-state index in [-0.39, 0.29) is 5.69 Å². The standard InChI is InChI=1S/C14H20N2O2/c1-10-6-11(2)8-16(7-10)9-12-4-3-5-15-13(12)14(17)18/h3-5,10-11H,6-9H2,1-2H3,(H,17,18). The van der Waals surface area contributed by atoms with E-state index in [0.29, 0.717) is 18.4 Å². The minimum Gasteiger partial charge on any atom is -0.477 e. The van der Waals surface area contributed by atoms with Gasteiger partial charge in [-0.1, -0.05) is 19.9 Å². The van der Waals surface area contributed by atoms with Crippen LogP contribution in [-0.4, -0.2) is 34.0 Å². The molecule has 1 aliphatic rings. The van der Waals surface area contributed by atoms with Gasteiger partial charge in [0.25, 0.3) is 0 Å². The molecule has 2 rings (SSSR count). The van der Waals surface area contributed by atoms with Crippen LogP contribution in [0, 0.1) is 11.8 Å². The van der Waals surface area contributed by atoms with Gasteiger partial charge in [-0.3, -0.25) is 4.90 Å². The molecule has 1 saturated heterocycles. The van der Waals surface area contributed by atoms with Crippen molar-refractivity contribution >= 4 is 5.97 Å². The van der Waals surface area contributed by atoms with Crippen molar-refractivity contribution in [3.8, 4) is 0 Å². The summed E-state index contributed by atoms with van der Waals surface area (Å²) in [5.74, 6) is 0.418. The maximum Gasteiger partial charge on any atom is 0.354 e. The highest BCUT2D eigenvalue weighted by molar-refractivity contribution is 5.86. The number of carboxylic acids is 1. The third-order valence-electron chi connectivity index (χ3n) is 3.43. The molecule has 0 amide bonds. The average molecular weight is 248 g/mol. The number of aromatic carboxylic acids is 1. The van der Waals surface area contributed by atoms with Crippen molar-refractivity contribution in [3.05, 3.63) is 29.6 Å². The Labute approximate surface area is 108 Å². The normalized spacial score (nSPS) is 25.0. The molecule has 1 aliphatic heterocycles. The first-order valence-electron chi connectivity index (χ1n) is 6.45. The third kappa shape index (κ3) is 3.07. The summed E-state index contributed by atoms with van der Waals surface area (Å²) in [4.78, 5) is 17.4. The highest BCUT2D eigenvalue weighted by Gasteiger charge is 2.23. The molecule has 4 heteroatoms. The molecule has 0 aliphatic carbocycles. The number of hydrogen-bond donors (Lipinski definition) is 1. The van der Waals surface area contributed by atoms with Crippen molar-refractivity contribution in [1.29, 1.82) is 0 Å². The molecule has 0 radical (unpaired) electrons. The van der Waals surface area contributed by atoms with Crippen molar-refractivity contribution in [2.24, 2.45) is 11.8 Å². The van der Waals surface area contributed by atoms with Crippen molar-refractivity contribution in [1.82, 2.24) is 9.88 Å². The van der Waals surface area contributed by atoms with Crippen LogP contribution in [0.25, 0.3) is 0 Å². The number of likely N-dealkylation sites (tertiary alicyclic amines) is 1. The van der Waals surface area contributed by atoms with Gasteiger partial charge >= 0.3 is 5.97 Å². The van der Waals surface area contributed by atoms with E-state index in [2.05, 4.69) is 23.7 Å². The van der Waals surface area contributed by atoms with Crippen molar-refractivity contribution in [3.63, 3.8) is 0 Å². The largest absolute Gasteiger partial charge is 0.477 e. The highest BCUT2D eigenvalue weighted by Crippen LogP contribution is 2.22. The van der Waals surface area contributed by atoms with Gasteiger partial charge in [0.2, 0.25) is 0 Å². The summed E-state index contributed by atoms with van der Waals surface area (Å²) >= 11 is 0. The summed E-state index contributed by atoms with van der Waals surface area (Å²) in [6.07, 6.45) is 2.80. The zero-order valence-electron chi connectivity index (χ0n) is 11.0. The topological polar surface area (TPSA) is 53.4 Å². The van der Waals surface area contributed by atoms with E-state index in [1.54, 1.807) is 6.07 Å². The van der Waals surface area contributed by atoms with Crippen LogP contribution in [0.1, 0.15) is 36.3 Å². The maximum absolute atomic E-state index is 11.1. The first-order chi connectivity index (χ1) is 8.56. The number of pyridine rings is 1. The zero-order chi connectivity index (χ0) is 13.1. The highest BCUT2D eigenvalue weighted by atomic mass is 16.4. The van der Waals surface area contributed by atoms with E-state index in [9.17, 15) is 4.79 Å². The Kier molecular flexibility index (Phi) is 3.97. The fourth-order valence-corrected chi connectivity index (χ4v) is 2.92. The van der Waals surface area contributed by atoms with Gasteiger partial charge in [0.05, 0.1) is 0 Å². The summed E-state index contributed by atoms with van der Waals surface area (Å²) in [5.41, 5.74) is 0.995. The van der Waals surface area contributed by atoms with E-state index >= 15 is 0 Å². The third-order valence-corrected chi connectivity index (χ3v) is 3.43. The lowest BCUT2D eigenvalue weighted by Crippen LogP contribution is -2.38. The smallest absolute Gasteiger partial charge is 0.354 e. The Bertz CT molecular complexity index is 424. The molecule has 0 saturated carbocycles. The molecular formula is C14H20N2O2. The molecule has 1 N–H and O–H groups in total. The van der Waals surface area contributed by atoms with Gasteiger partial charge < -0.3 is 5.11 Å².